The van der Waals surface area contributed by atoms with E-state index < -0.39 is 22.0 Å². The second kappa shape index (κ2) is 16.4. The van der Waals surface area contributed by atoms with Crippen LogP contribution in [0.25, 0.3) is 17.3 Å². The normalized spacial score (nSPS) is 11.7. The van der Waals surface area contributed by atoms with Crippen molar-refractivity contribution in [1.82, 2.24) is 10.3 Å². The highest BCUT2D eigenvalue weighted by atomic mass is 32.2. The van der Waals surface area contributed by atoms with Crippen molar-refractivity contribution in [3.63, 3.8) is 0 Å². The van der Waals surface area contributed by atoms with Crippen LogP contribution >= 0.6 is 23.1 Å². The van der Waals surface area contributed by atoms with Gasteiger partial charge in [-0.3, -0.25) is 24.5 Å². The minimum Gasteiger partial charge on any atom is -0.496 e. The van der Waals surface area contributed by atoms with Gasteiger partial charge in [0.15, 0.2) is 5.13 Å². The lowest BCUT2D eigenvalue weighted by Gasteiger charge is -2.15. The molecule has 0 aliphatic rings. The van der Waals surface area contributed by atoms with Gasteiger partial charge in [-0.15, -0.1) is 23.1 Å². The smallest absolute Gasteiger partial charge is 0.272 e. The number of hydrogen-bond acceptors (Lipinski definition) is 9. The van der Waals surface area contributed by atoms with Crippen LogP contribution in [0.3, 0.4) is 0 Å². The van der Waals surface area contributed by atoms with Gasteiger partial charge in [0.2, 0.25) is 5.91 Å². The second-order valence-electron chi connectivity index (χ2n) is 10.5. The summed E-state index contributed by atoms with van der Waals surface area (Å²) < 4.78 is 5.44. The number of thioether (sulfide) groups is 1. The number of nitrogens with one attached hydrogen (secondary N) is 3. The summed E-state index contributed by atoms with van der Waals surface area (Å²) in [6.45, 7) is 1.89. The molecule has 11 nitrogen and oxygen atoms in total. The van der Waals surface area contributed by atoms with E-state index >= 15 is 0 Å². The summed E-state index contributed by atoms with van der Waals surface area (Å²) in [5.41, 5.74) is 2.52. The Kier molecular flexibility index (Phi) is 11.5. The van der Waals surface area contributed by atoms with Crippen LogP contribution < -0.4 is 20.7 Å². The third kappa shape index (κ3) is 9.18. The molecule has 0 aliphatic heterocycles. The minimum absolute atomic E-state index is 0.00939. The highest BCUT2D eigenvalue weighted by Gasteiger charge is 2.21. The highest BCUT2D eigenvalue weighted by Crippen LogP contribution is 2.31. The lowest BCUT2D eigenvalue weighted by Crippen LogP contribution is -2.30. The number of anilines is 2. The summed E-state index contributed by atoms with van der Waals surface area (Å²) in [5, 5.41) is 21.2. The maximum atomic E-state index is 13.6. The van der Waals surface area contributed by atoms with Gasteiger partial charge in [-0.1, -0.05) is 61.5 Å². The van der Waals surface area contributed by atoms with Crippen LogP contribution in [0.2, 0.25) is 0 Å². The predicted molar refractivity (Wildman–Crippen MR) is 193 cm³/mol. The van der Waals surface area contributed by atoms with Gasteiger partial charge in [-0.05, 0) is 48.9 Å². The number of para-hydroxylation sites is 1. The number of thiazole rings is 1. The summed E-state index contributed by atoms with van der Waals surface area (Å²) in [5.74, 6) is -0.726. The lowest BCUT2D eigenvalue weighted by molar-refractivity contribution is -0.384. The molecule has 0 bridgehead atoms. The quantitative estimate of drug-likeness (QED) is 0.0492. The molecule has 0 aliphatic carbocycles. The molecule has 1 heterocycles. The van der Waals surface area contributed by atoms with E-state index in [0.29, 0.717) is 45.4 Å². The zero-order chi connectivity index (χ0) is 34.8. The van der Waals surface area contributed by atoms with Crippen molar-refractivity contribution in [2.24, 2.45) is 0 Å². The Hall–Kier alpha value is -5.79. The van der Waals surface area contributed by atoms with Gasteiger partial charge in [-0.25, -0.2) is 4.98 Å². The number of carbonyl (C=O) groups excluding carboxylic acids is 3. The Labute approximate surface area is 290 Å². The first-order valence-electron chi connectivity index (χ1n) is 15.0. The van der Waals surface area contributed by atoms with E-state index in [4.69, 9.17) is 4.74 Å². The molecule has 4 aromatic carbocycles. The van der Waals surface area contributed by atoms with Crippen LogP contribution in [0.5, 0.6) is 5.75 Å². The van der Waals surface area contributed by atoms with Crippen molar-refractivity contribution < 1.29 is 24.0 Å². The Bertz CT molecular complexity index is 2010. The Morgan fingerprint density at radius 3 is 2.47 bits per heavy atom. The predicted octanol–water partition coefficient (Wildman–Crippen LogP) is 7.65. The molecular weight excluding hydrogens is 663 g/mol. The fourth-order valence-corrected chi connectivity index (χ4v) is 6.38. The molecule has 1 unspecified atom stereocenters. The summed E-state index contributed by atoms with van der Waals surface area (Å²) in [7, 11) is 1.52. The van der Waals surface area contributed by atoms with Gasteiger partial charge in [0, 0.05) is 44.8 Å². The summed E-state index contributed by atoms with van der Waals surface area (Å²) in [4.78, 5) is 55.8. The number of rotatable bonds is 13. The number of ether oxygens (including phenoxy) is 1. The molecule has 0 spiro atoms. The number of hydrogen-bond donors (Lipinski definition) is 3. The molecular formula is C36H31N5O6S2. The maximum absolute atomic E-state index is 13.6. The Morgan fingerprint density at radius 2 is 1.71 bits per heavy atom. The molecule has 0 saturated carbocycles. The SMILES string of the molecule is CCC(Sc1cccc(NC(=O)/C(=C\c2ccccc2OC)NC(=O)c2ccccc2)c1)C(=O)Nc1nc(-c2cccc([N+](=O)[O-])c2)cs1. The van der Waals surface area contributed by atoms with Crippen molar-refractivity contribution in [2.75, 3.05) is 17.7 Å². The van der Waals surface area contributed by atoms with Gasteiger partial charge < -0.3 is 20.7 Å². The maximum Gasteiger partial charge on any atom is 0.272 e. The van der Waals surface area contributed by atoms with Gasteiger partial charge >= 0.3 is 0 Å². The average Bonchev–Trinajstić information content (AvgIpc) is 3.59. The molecule has 5 rings (SSSR count). The largest absolute Gasteiger partial charge is 0.496 e. The van der Waals surface area contributed by atoms with E-state index in [9.17, 15) is 24.5 Å². The fraction of sp³-hybridized carbons (Fsp3) is 0.111. The highest BCUT2D eigenvalue weighted by molar-refractivity contribution is 8.00. The number of aromatic nitrogens is 1. The number of non-ortho nitro benzene ring substituents is 1. The third-order valence-corrected chi connectivity index (χ3v) is 9.20. The summed E-state index contributed by atoms with van der Waals surface area (Å²) in [6, 6.07) is 28.9. The third-order valence-electron chi connectivity index (χ3n) is 7.09. The van der Waals surface area contributed by atoms with Crippen molar-refractivity contribution in [1.29, 1.82) is 0 Å². The van der Waals surface area contributed by atoms with Crippen molar-refractivity contribution in [3.8, 4) is 17.0 Å². The molecule has 0 radical (unpaired) electrons. The molecule has 49 heavy (non-hydrogen) atoms. The molecule has 0 saturated heterocycles. The van der Waals surface area contributed by atoms with Crippen molar-refractivity contribution in [3.05, 3.63) is 135 Å². The first-order chi connectivity index (χ1) is 23.7. The Morgan fingerprint density at radius 1 is 0.959 bits per heavy atom. The number of nitro benzene ring substituents is 1. The molecule has 13 heteroatoms. The van der Waals surface area contributed by atoms with Crippen LogP contribution in [0.15, 0.2) is 119 Å². The van der Waals surface area contributed by atoms with Gasteiger partial charge in [0.05, 0.1) is 23.0 Å². The Balaban J connectivity index is 1.29. The number of nitro groups is 1. The van der Waals surface area contributed by atoms with E-state index in [2.05, 4.69) is 20.9 Å². The first-order valence-corrected chi connectivity index (χ1v) is 16.8. The van der Waals surface area contributed by atoms with E-state index in [1.165, 1.54) is 42.3 Å². The topological polar surface area (TPSA) is 153 Å². The number of nitrogens with zero attached hydrogens (tertiary/aromatic N) is 2. The average molecular weight is 694 g/mol. The first kappa shape index (κ1) is 34.5. The molecule has 3 amide bonds. The number of methoxy groups -OCH3 is 1. The zero-order valence-electron chi connectivity index (χ0n) is 26.4. The molecule has 1 atom stereocenters. The van der Waals surface area contributed by atoms with Gasteiger partial charge in [0.25, 0.3) is 17.5 Å². The van der Waals surface area contributed by atoms with Crippen molar-refractivity contribution >= 4 is 63.4 Å². The van der Waals surface area contributed by atoms with E-state index in [1.54, 1.807) is 96.4 Å². The van der Waals surface area contributed by atoms with Crippen LogP contribution in [0.1, 0.15) is 29.3 Å². The molecule has 1 aromatic heterocycles. The van der Waals surface area contributed by atoms with Crippen LogP contribution in [-0.4, -0.2) is 40.0 Å². The van der Waals surface area contributed by atoms with Crippen LogP contribution in [0.4, 0.5) is 16.5 Å². The monoisotopic (exact) mass is 693 g/mol. The van der Waals surface area contributed by atoms with Crippen molar-refractivity contribution in [2.45, 2.75) is 23.5 Å². The van der Waals surface area contributed by atoms with Crippen LogP contribution in [-0.2, 0) is 9.59 Å². The zero-order valence-corrected chi connectivity index (χ0v) is 28.0. The second-order valence-corrected chi connectivity index (χ2v) is 12.6. The van der Waals surface area contributed by atoms with Gasteiger partial charge in [-0.2, -0.15) is 0 Å². The summed E-state index contributed by atoms with van der Waals surface area (Å²) >= 11 is 2.55. The van der Waals surface area contributed by atoms with E-state index in [1.807, 2.05) is 13.0 Å². The standard InChI is InChI=1S/C36H31N5O6S2/c1-3-32(35(44)40-36-39-30(22-48-36)24-14-9-16-27(19-24)41(45)46)49-28-17-10-15-26(21-28)37-34(43)29(20-25-13-7-8-18-31(25)47-2)38-33(42)23-11-5-4-6-12-23/h4-22,32H,3H2,1-2H3,(H,37,43)(H,38,42)(H,39,40,44)/b29-20+. The number of benzene rings is 4. The molecule has 5 aromatic rings. The van der Waals surface area contributed by atoms with E-state index in [-0.39, 0.29) is 17.3 Å². The number of carbonyl (C=O) groups is 3. The number of amides is 3. The molecule has 3 N–H and O–H groups in total. The fourth-order valence-electron chi connectivity index (χ4n) is 4.64. The summed E-state index contributed by atoms with van der Waals surface area (Å²) in [6.07, 6.45) is 2.06. The van der Waals surface area contributed by atoms with Gasteiger partial charge in [0.1, 0.15) is 11.4 Å². The lowest BCUT2D eigenvalue weighted by atomic mass is 10.1. The van der Waals surface area contributed by atoms with Crippen LogP contribution in [0, 0.1) is 10.1 Å². The molecule has 248 valence electrons. The molecule has 0 fully saturated rings. The minimum atomic E-state index is -0.551. The van der Waals surface area contributed by atoms with E-state index in [0.717, 1.165) is 4.90 Å².